The molecular weight excluding hydrogens is 420 g/mol. The lowest BCUT2D eigenvalue weighted by molar-refractivity contribution is 0.0874. The molecule has 33 heavy (non-hydrogen) atoms. The fourth-order valence-corrected chi connectivity index (χ4v) is 5.15. The molecule has 0 spiro atoms. The molecular formula is C27H17F2N3O. The number of nitriles is 2. The Morgan fingerprint density at radius 2 is 1.64 bits per heavy atom. The lowest BCUT2D eigenvalue weighted by Gasteiger charge is -2.34. The number of nitrogens with zero attached hydrogens (tertiary/aromatic N) is 3. The summed E-state index contributed by atoms with van der Waals surface area (Å²) in [5.41, 5.74) is 0.564. The van der Waals surface area contributed by atoms with Gasteiger partial charge in [0.2, 0.25) is 0 Å². The van der Waals surface area contributed by atoms with E-state index in [0.717, 1.165) is 11.1 Å². The summed E-state index contributed by atoms with van der Waals surface area (Å²) in [6.07, 6.45) is 3.56. The SMILES string of the molecule is N#CC1(C#N)[C@@H]2c3ccccc3C=CN2[C@@H](C(=O)c2ccc(F)cc2)[C@@H]1c1cccc(F)c1. The van der Waals surface area contributed by atoms with E-state index in [4.69, 9.17) is 0 Å². The van der Waals surface area contributed by atoms with Gasteiger partial charge in [-0.05, 0) is 59.2 Å². The third kappa shape index (κ3) is 3.03. The van der Waals surface area contributed by atoms with Crippen LogP contribution in [0.2, 0.25) is 0 Å². The van der Waals surface area contributed by atoms with Crippen LogP contribution in [0.15, 0.2) is 79.0 Å². The molecule has 2 aliphatic heterocycles. The molecule has 0 radical (unpaired) electrons. The number of halogens is 2. The molecule has 0 saturated carbocycles. The summed E-state index contributed by atoms with van der Waals surface area (Å²) < 4.78 is 27.8. The molecule has 4 nitrogen and oxygen atoms in total. The maximum absolute atomic E-state index is 14.3. The molecule has 3 aromatic carbocycles. The number of ketones is 1. The highest BCUT2D eigenvalue weighted by atomic mass is 19.1. The number of carbonyl (C=O) groups is 1. The van der Waals surface area contributed by atoms with E-state index in [1.54, 1.807) is 17.2 Å². The van der Waals surface area contributed by atoms with Crippen molar-refractivity contribution in [3.05, 3.63) is 113 Å². The van der Waals surface area contributed by atoms with Crippen LogP contribution < -0.4 is 0 Å². The molecule has 2 heterocycles. The second kappa shape index (κ2) is 7.69. The Bertz CT molecular complexity index is 1350. The van der Waals surface area contributed by atoms with Gasteiger partial charge in [0.1, 0.15) is 17.7 Å². The molecule has 3 aromatic rings. The number of Topliss-reactive ketones (excluding diaryl/α,β-unsaturated/α-hetero) is 1. The third-order valence-electron chi connectivity index (χ3n) is 6.55. The lowest BCUT2D eigenvalue weighted by atomic mass is 9.67. The van der Waals surface area contributed by atoms with Crippen molar-refractivity contribution >= 4 is 11.9 Å². The first-order valence-electron chi connectivity index (χ1n) is 10.4. The van der Waals surface area contributed by atoms with Crippen molar-refractivity contribution in [2.45, 2.75) is 18.0 Å². The van der Waals surface area contributed by atoms with Crippen LogP contribution in [0.4, 0.5) is 8.78 Å². The van der Waals surface area contributed by atoms with Crippen molar-refractivity contribution in [3.8, 4) is 12.1 Å². The molecule has 0 unspecified atom stereocenters. The summed E-state index contributed by atoms with van der Waals surface area (Å²) in [5.74, 6) is -2.31. The van der Waals surface area contributed by atoms with E-state index in [2.05, 4.69) is 12.1 Å². The summed E-state index contributed by atoms with van der Waals surface area (Å²) in [7, 11) is 0. The van der Waals surface area contributed by atoms with Gasteiger partial charge in [0, 0.05) is 17.7 Å². The highest BCUT2D eigenvalue weighted by Gasteiger charge is 2.63. The highest BCUT2D eigenvalue weighted by Crippen LogP contribution is 2.60. The Hall–Kier alpha value is -4.29. The van der Waals surface area contributed by atoms with Crippen LogP contribution in [0.5, 0.6) is 0 Å². The Morgan fingerprint density at radius 3 is 2.33 bits per heavy atom. The predicted molar refractivity (Wildman–Crippen MR) is 117 cm³/mol. The highest BCUT2D eigenvalue weighted by molar-refractivity contribution is 6.01. The van der Waals surface area contributed by atoms with Crippen molar-refractivity contribution in [2.24, 2.45) is 5.41 Å². The van der Waals surface area contributed by atoms with Crippen LogP contribution in [-0.4, -0.2) is 16.7 Å². The summed E-state index contributed by atoms with van der Waals surface area (Å²) in [5, 5.41) is 20.8. The minimum Gasteiger partial charge on any atom is -0.357 e. The Kier molecular flexibility index (Phi) is 4.80. The van der Waals surface area contributed by atoms with Gasteiger partial charge in [-0.15, -0.1) is 0 Å². The Morgan fingerprint density at radius 1 is 0.909 bits per heavy atom. The molecule has 0 N–H and O–H groups in total. The second-order valence-electron chi connectivity index (χ2n) is 8.24. The fourth-order valence-electron chi connectivity index (χ4n) is 5.15. The standard InChI is InChI=1S/C27H17F2N3O/c28-20-10-8-18(9-11-20)25(33)24-23(19-5-3-6-21(29)14-19)27(15-30,16-31)26-22-7-2-1-4-17(22)12-13-32(24)26/h1-14,23-24,26H/t23-,24+,26-/m0/s1. The molecule has 1 fully saturated rings. The zero-order valence-corrected chi connectivity index (χ0v) is 17.3. The zero-order valence-electron chi connectivity index (χ0n) is 17.3. The van der Waals surface area contributed by atoms with Gasteiger partial charge in [0.25, 0.3) is 0 Å². The van der Waals surface area contributed by atoms with Gasteiger partial charge in [-0.3, -0.25) is 4.79 Å². The maximum atomic E-state index is 14.3. The maximum Gasteiger partial charge on any atom is 0.185 e. The zero-order chi connectivity index (χ0) is 23.2. The van der Waals surface area contributed by atoms with Crippen molar-refractivity contribution in [1.82, 2.24) is 4.90 Å². The van der Waals surface area contributed by atoms with Crippen molar-refractivity contribution in [1.29, 1.82) is 10.5 Å². The topological polar surface area (TPSA) is 67.9 Å². The minimum atomic E-state index is -1.67. The lowest BCUT2D eigenvalue weighted by Crippen LogP contribution is -2.37. The van der Waals surface area contributed by atoms with Gasteiger partial charge in [-0.1, -0.05) is 36.4 Å². The van der Waals surface area contributed by atoms with Gasteiger partial charge in [-0.25, -0.2) is 8.78 Å². The second-order valence-corrected chi connectivity index (χ2v) is 8.24. The van der Waals surface area contributed by atoms with E-state index in [0.29, 0.717) is 5.56 Å². The van der Waals surface area contributed by atoms with E-state index < -0.39 is 35.1 Å². The van der Waals surface area contributed by atoms with E-state index in [1.807, 2.05) is 30.3 Å². The summed E-state index contributed by atoms with van der Waals surface area (Å²) in [6, 6.07) is 21.0. The normalized spacial score (nSPS) is 22.1. The van der Waals surface area contributed by atoms with E-state index in [1.165, 1.54) is 42.5 Å². The minimum absolute atomic E-state index is 0.250. The summed E-state index contributed by atoms with van der Waals surface area (Å²) in [6.45, 7) is 0. The van der Waals surface area contributed by atoms with Gasteiger partial charge in [0.15, 0.2) is 11.2 Å². The molecule has 2 aliphatic rings. The van der Waals surface area contributed by atoms with E-state index >= 15 is 0 Å². The molecule has 0 aromatic heterocycles. The number of hydrogen-bond donors (Lipinski definition) is 0. The van der Waals surface area contributed by atoms with Crippen molar-refractivity contribution < 1.29 is 13.6 Å². The largest absolute Gasteiger partial charge is 0.357 e. The molecule has 1 saturated heterocycles. The number of rotatable bonds is 3. The average Bonchev–Trinajstić information content (AvgIpc) is 3.15. The van der Waals surface area contributed by atoms with Crippen LogP contribution in [0.3, 0.4) is 0 Å². The van der Waals surface area contributed by atoms with Crippen molar-refractivity contribution in [2.75, 3.05) is 0 Å². The molecule has 160 valence electrons. The van der Waals surface area contributed by atoms with Gasteiger partial charge in [0.05, 0.1) is 18.2 Å². The monoisotopic (exact) mass is 437 g/mol. The number of benzene rings is 3. The Balaban J connectivity index is 1.77. The summed E-state index contributed by atoms with van der Waals surface area (Å²) >= 11 is 0. The van der Waals surface area contributed by atoms with Crippen LogP contribution >= 0.6 is 0 Å². The first kappa shape index (κ1) is 20.6. The van der Waals surface area contributed by atoms with E-state index in [9.17, 15) is 24.1 Å². The molecule has 5 rings (SSSR count). The van der Waals surface area contributed by atoms with Crippen LogP contribution in [0, 0.1) is 39.7 Å². The van der Waals surface area contributed by atoms with Gasteiger partial charge < -0.3 is 4.90 Å². The van der Waals surface area contributed by atoms with Crippen LogP contribution in [0.1, 0.15) is 39.0 Å². The van der Waals surface area contributed by atoms with Crippen molar-refractivity contribution in [3.63, 3.8) is 0 Å². The number of carbonyl (C=O) groups excluding carboxylic acids is 1. The molecule has 0 amide bonds. The van der Waals surface area contributed by atoms with Crippen LogP contribution in [0.25, 0.3) is 6.08 Å². The Labute approximate surface area is 189 Å². The first-order chi connectivity index (χ1) is 16.0. The summed E-state index contributed by atoms with van der Waals surface area (Å²) in [4.78, 5) is 15.5. The molecule has 3 atom stereocenters. The van der Waals surface area contributed by atoms with Crippen LogP contribution in [-0.2, 0) is 0 Å². The third-order valence-corrected chi connectivity index (χ3v) is 6.55. The first-order valence-corrected chi connectivity index (χ1v) is 10.4. The number of fused-ring (bicyclic) bond motifs is 3. The molecule has 0 aliphatic carbocycles. The molecule has 0 bridgehead atoms. The predicted octanol–water partition coefficient (Wildman–Crippen LogP) is 5.37. The van der Waals surface area contributed by atoms with E-state index in [-0.39, 0.29) is 11.3 Å². The van der Waals surface area contributed by atoms with Gasteiger partial charge in [-0.2, -0.15) is 10.5 Å². The molecule has 6 heteroatoms. The average molecular weight is 437 g/mol. The van der Waals surface area contributed by atoms with Gasteiger partial charge >= 0.3 is 0 Å². The smallest absolute Gasteiger partial charge is 0.185 e. The number of hydrogen-bond acceptors (Lipinski definition) is 4. The fraction of sp³-hybridized carbons (Fsp3) is 0.148. The quantitative estimate of drug-likeness (QED) is 0.517.